The van der Waals surface area contributed by atoms with E-state index in [9.17, 15) is 4.79 Å². The molecule has 4 nitrogen and oxygen atoms in total. The molecule has 0 aliphatic heterocycles. The first-order valence-corrected chi connectivity index (χ1v) is 7.67. The quantitative estimate of drug-likeness (QED) is 0.721. The van der Waals surface area contributed by atoms with Gasteiger partial charge in [0, 0.05) is 37.5 Å². The largest absolute Gasteiger partial charge is 0.325 e. The molecule has 0 saturated carbocycles. The van der Waals surface area contributed by atoms with E-state index in [2.05, 4.69) is 36.4 Å². The summed E-state index contributed by atoms with van der Waals surface area (Å²) in [7, 11) is 2.16. The van der Waals surface area contributed by atoms with E-state index < -0.39 is 0 Å². The molecule has 0 radical (unpaired) electrons. The average Bonchev–Trinajstić information content (AvgIpc) is 2.79. The van der Waals surface area contributed by atoms with Gasteiger partial charge >= 0.3 is 0 Å². The molecule has 1 heterocycles. The van der Waals surface area contributed by atoms with Crippen molar-refractivity contribution in [3.05, 3.63) is 16.3 Å². The topological polar surface area (TPSA) is 44.4 Å². The summed E-state index contributed by atoms with van der Waals surface area (Å²) < 4.78 is 0. The molecule has 1 atom stereocenters. The zero-order valence-electron chi connectivity index (χ0n) is 12.3. The zero-order valence-corrected chi connectivity index (χ0v) is 13.1. The number of likely N-dealkylation sites (N-methyl/N-ethyl adjacent to an activating group) is 1. The van der Waals surface area contributed by atoms with Crippen molar-refractivity contribution in [1.29, 1.82) is 0 Å². The van der Waals surface area contributed by atoms with Crippen LogP contribution in [0.3, 0.4) is 0 Å². The van der Waals surface area contributed by atoms with Crippen molar-refractivity contribution in [2.24, 2.45) is 0 Å². The number of carbonyl (C=O) groups excluding carboxylic acids is 1. The summed E-state index contributed by atoms with van der Waals surface area (Å²) in [5, 5.41) is 8.29. The second-order valence-electron chi connectivity index (χ2n) is 4.85. The summed E-state index contributed by atoms with van der Waals surface area (Å²) >= 11 is 1.67. The van der Waals surface area contributed by atoms with Gasteiger partial charge in [0.1, 0.15) is 0 Å². The van der Waals surface area contributed by atoms with E-state index in [1.807, 2.05) is 11.4 Å². The minimum absolute atomic E-state index is 0.0175. The van der Waals surface area contributed by atoms with E-state index >= 15 is 0 Å². The van der Waals surface area contributed by atoms with Gasteiger partial charge in [0.05, 0.1) is 5.69 Å². The summed E-state index contributed by atoms with van der Waals surface area (Å²) in [5.41, 5.74) is 0.931. The monoisotopic (exact) mass is 283 g/mol. The van der Waals surface area contributed by atoms with Crippen LogP contribution in [0, 0.1) is 0 Å². The van der Waals surface area contributed by atoms with Gasteiger partial charge in [0.25, 0.3) is 0 Å². The van der Waals surface area contributed by atoms with Crippen LogP contribution in [-0.2, 0) is 11.3 Å². The lowest BCUT2D eigenvalue weighted by Crippen LogP contribution is -2.34. The van der Waals surface area contributed by atoms with Crippen LogP contribution in [0.2, 0.25) is 0 Å². The number of carbonyl (C=O) groups is 1. The highest BCUT2D eigenvalue weighted by Crippen LogP contribution is 2.21. The van der Waals surface area contributed by atoms with Crippen molar-refractivity contribution >= 4 is 22.9 Å². The highest BCUT2D eigenvalue weighted by Gasteiger charge is 2.07. The van der Waals surface area contributed by atoms with Crippen LogP contribution in [-0.4, -0.2) is 37.0 Å². The van der Waals surface area contributed by atoms with Gasteiger partial charge < -0.3 is 15.5 Å². The fourth-order valence-corrected chi connectivity index (χ4v) is 2.57. The first kappa shape index (κ1) is 16.1. The normalized spacial score (nSPS) is 12.7. The third-order valence-corrected chi connectivity index (χ3v) is 4.25. The zero-order chi connectivity index (χ0) is 14.3. The molecule has 0 bridgehead atoms. The van der Waals surface area contributed by atoms with E-state index in [4.69, 9.17) is 0 Å². The molecule has 19 heavy (non-hydrogen) atoms. The Morgan fingerprint density at radius 1 is 1.53 bits per heavy atom. The van der Waals surface area contributed by atoms with Crippen molar-refractivity contribution in [3.8, 4) is 0 Å². The summed E-state index contributed by atoms with van der Waals surface area (Å²) in [6.07, 6.45) is 1.17. The van der Waals surface area contributed by atoms with Gasteiger partial charge in [-0.25, -0.2) is 0 Å². The van der Waals surface area contributed by atoms with Crippen LogP contribution >= 0.6 is 11.3 Å². The Morgan fingerprint density at radius 2 is 2.26 bits per heavy atom. The number of anilines is 1. The lowest BCUT2D eigenvalue weighted by Gasteiger charge is -2.23. The molecule has 1 aromatic heterocycles. The van der Waals surface area contributed by atoms with Crippen molar-refractivity contribution in [1.82, 2.24) is 10.2 Å². The molecule has 0 saturated heterocycles. The van der Waals surface area contributed by atoms with Gasteiger partial charge in [-0.1, -0.05) is 6.92 Å². The number of thiophene rings is 1. The molecule has 0 aromatic carbocycles. The molecule has 0 aliphatic rings. The summed E-state index contributed by atoms with van der Waals surface area (Å²) in [6, 6.07) is 2.58. The number of hydrogen-bond acceptors (Lipinski definition) is 4. The third kappa shape index (κ3) is 5.72. The second-order valence-corrected chi connectivity index (χ2v) is 5.85. The molecule has 1 amide bonds. The van der Waals surface area contributed by atoms with E-state index in [0.717, 1.165) is 25.3 Å². The molecule has 1 aromatic rings. The number of amides is 1. The number of rotatable bonds is 8. The predicted octanol–water partition coefficient (Wildman–Crippen LogP) is 2.53. The van der Waals surface area contributed by atoms with Crippen LogP contribution < -0.4 is 10.6 Å². The van der Waals surface area contributed by atoms with Crippen molar-refractivity contribution in [2.75, 3.05) is 25.5 Å². The maximum Gasteiger partial charge on any atom is 0.221 e. The molecule has 1 unspecified atom stereocenters. The number of nitrogens with zero attached hydrogens (tertiary/aromatic N) is 1. The minimum Gasteiger partial charge on any atom is -0.325 e. The molecule has 1 rings (SSSR count). The Morgan fingerprint density at radius 3 is 2.89 bits per heavy atom. The highest BCUT2D eigenvalue weighted by molar-refractivity contribution is 7.10. The smallest absolute Gasteiger partial charge is 0.221 e. The lowest BCUT2D eigenvalue weighted by atomic mass is 10.2. The van der Waals surface area contributed by atoms with Gasteiger partial charge in [-0.15, -0.1) is 11.3 Å². The van der Waals surface area contributed by atoms with Crippen LogP contribution in [0.1, 0.15) is 32.1 Å². The second kappa shape index (κ2) is 8.30. The maximum atomic E-state index is 11.1. The predicted molar refractivity (Wildman–Crippen MR) is 82.7 cm³/mol. The maximum absolute atomic E-state index is 11.1. The fraction of sp³-hybridized carbons (Fsp3) is 0.643. The molecule has 2 N–H and O–H groups in total. The summed E-state index contributed by atoms with van der Waals surface area (Å²) in [4.78, 5) is 14.6. The standard InChI is InChI=1S/C14H25N3OS/c1-5-11(2)17(4)8-7-15-10-14-13(6-9-19-14)16-12(3)18/h6,9,11,15H,5,7-8,10H2,1-4H3,(H,16,18). The SMILES string of the molecule is CCC(C)N(C)CCNCc1sccc1NC(C)=O. The van der Waals surface area contributed by atoms with Crippen molar-refractivity contribution < 1.29 is 4.79 Å². The Bertz CT molecular complexity index is 392. The van der Waals surface area contributed by atoms with E-state index in [-0.39, 0.29) is 5.91 Å². The van der Waals surface area contributed by atoms with Crippen LogP contribution in [0.4, 0.5) is 5.69 Å². The van der Waals surface area contributed by atoms with E-state index in [1.54, 1.807) is 11.3 Å². The van der Waals surface area contributed by atoms with Gasteiger partial charge in [-0.2, -0.15) is 0 Å². The van der Waals surface area contributed by atoms with E-state index in [1.165, 1.54) is 18.2 Å². The molecular weight excluding hydrogens is 258 g/mol. The molecule has 5 heteroatoms. The van der Waals surface area contributed by atoms with Gasteiger partial charge in [0.2, 0.25) is 5.91 Å². The minimum atomic E-state index is -0.0175. The fourth-order valence-electron chi connectivity index (χ4n) is 1.77. The first-order chi connectivity index (χ1) is 9.04. The third-order valence-electron chi connectivity index (χ3n) is 3.33. The van der Waals surface area contributed by atoms with Crippen molar-refractivity contribution in [3.63, 3.8) is 0 Å². The van der Waals surface area contributed by atoms with Gasteiger partial charge in [-0.3, -0.25) is 4.79 Å². The first-order valence-electron chi connectivity index (χ1n) is 6.79. The van der Waals surface area contributed by atoms with Gasteiger partial charge in [-0.05, 0) is 31.8 Å². The summed E-state index contributed by atoms with van der Waals surface area (Å²) in [6.45, 7) is 8.79. The Hall–Kier alpha value is -0.910. The van der Waals surface area contributed by atoms with Crippen LogP contribution in [0.25, 0.3) is 0 Å². The van der Waals surface area contributed by atoms with E-state index in [0.29, 0.717) is 6.04 Å². The van der Waals surface area contributed by atoms with Crippen LogP contribution in [0.15, 0.2) is 11.4 Å². The van der Waals surface area contributed by atoms with Crippen molar-refractivity contribution in [2.45, 2.75) is 39.8 Å². The Labute approximate surface area is 120 Å². The molecule has 0 spiro atoms. The highest BCUT2D eigenvalue weighted by atomic mass is 32.1. The summed E-state index contributed by atoms with van der Waals surface area (Å²) in [5.74, 6) is -0.0175. The lowest BCUT2D eigenvalue weighted by molar-refractivity contribution is -0.114. The number of hydrogen-bond donors (Lipinski definition) is 2. The molecule has 0 aliphatic carbocycles. The number of nitrogens with one attached hydrogen (secondary N) is 2. The molecule has 108 valence electrons. The van der Waals surface area contributed by atoms with Gasteiger partial charge in [0.15, 0.2) is 0 Å². The van der Waals surface area contributed by atoms with Crippen LogP contribution in [0.5, 0.6) is 0 Å². The Kier molecular flexibility index (Phi) is 7.05. The molecular formula is C14H25N3OS. The Balaban J connectivity index is 2.30. The average molecular weight is 283 g/mol. The molecule has 0 fully saturated rings.